The van der Waals surface area contributed by atoms with Gasteiger partial charge in [-0.1, -0.05) is 76.5 Å². The van der Waals surface area contributed by atoms with Crippen LogP contribution in [0.4, 0.5) is 5.69 Å². The van der Waals surface area contributed by atoms with E-state index in [-0.39, 0.29) is 24.2 Å². The van der Waals surface area contributed by atoms with Crippen LogP contribution in [0.25, 0.3) is 0 Å². The lowest BCUT2D eigenvalue weighted by atomic mass is 10.1. The number of hydrogen-bond donors (Lipinski definition) is 1. The number of nitrogens with zero attached hydrogens (tertiary/aromatic N) is 2. The van der Waals surface area contributed by atoms with Gasteiger partial charge in [0.25, 0.3) is 5.91 Å². The molecule has 0 radical (unpaired) electrons. The molecule has 0 heterocycles. The van der Waals surface area contributed by atoms with E-state index >= 15 is 0 Å². The molecule has 0 unspecified atom stereocenters. The third-order valence-electron chi connectivity index (χ3n) is 5.59. The minimum atomic E-state index is -0.00475. The van der Waals surface area contributed by atoms with Crippen LogP contribution in [-0.2, 0) is 9.59 Å². The van der Waals surface area contributed by atoms with Crippen LogP contribution in [0.15, 0.2) is 30.3 Å². The van der Waals surface area contributed by atoms with Gasteiger partial charge in [-0.05, 0) is 18.6 Å². The molecule has 1 aromatic carbocycles. The van der Waals surface area contributed by atoms with Crippen molar-refractivity contribution in [3.63, 3.8) is 0 Å². The number of amides is 2. The van der Waals surface area contributed by atoms with Gasteiger partial charge >= 0.3 is 0 Å². The molecular formula is C25H44ClN3O2. The quantitative estimate of drug-likeness (QED) is 0.308. The van der Waals surface area contributed by atoms with Gasteiger partial charge in [0.1, 0.15) is 0 Å². The SMILES string of the molecule is CCCCCCCCCCCC(=O)N(C)CC[N+](C)(C)CC(=O)Nc1ccccc1.[Cl-]. The van der Waals surface area contributed by atoms with Crippen LogP contribution >= 0.6 is 0 Å². The van der Waals surface area contributed by atoms with E-state index in [1.54, 1.807) is 0 Å². The number of halogens is 1. The molecule has 0 spiro atoms. The molecule has 178 valence electrons. The van der Waals surface area contributed by atoms with E-state index in [0.29, 0.717) is 24.0 Å². The highest BCUT2D eigenvalue weighted by Gasteiger charge is 2.21. The highest BCUT2D eigenvalue weighted by molar-refractivity contribution is 5.91. The molecule has 31 heavy (non-hydrogen) atoms. The number of para-hydroxylation sites is 1. The van der Waals surface area contributed by atoms with Crippen LogP contribution < -0.4 is 17.7 Å². The highest BCUT2D eigenvalue weighted by Crippen LogP contribution is 2.11. The number of benzene rings is 1. The summed E-state index contributed by atoms with van der Waals surface area (Å²) >= 11 is 0. The summed E-state index contributed by atoms with van der Waals surface area (Å²) in [7, 11) is 5.94. The Morgan fingerprint density at radius 1 is 0.903 bits per heavy atom. The number of carbonyl (C=O) groups is 2. The number of anilines is 1. The Bertz CT molecular complexity index is 608. The number of rotatable bonds is 16. The predicted octanol–water partition coefficient (Wildman–Crippen LogP) is 2.08. The van der Waals surface area contributed by atoms with Crippen molar-refractivity contribution in [3.05, 3.63) is 30.3 Å². The molecule has 1 N–H and O–H groups in total. The molecule has 2 amide bonds. The lowest BCUT2D eigenvalue weighted by Gasteiger charge is -2.31. The van der Waals surface area contributed by atoms with Crippen LogP contribution in [0, 0.1) is 0 Å². The minimum absolute atomic E-state index is 0. The summed E-state index contributed by atoms with van der Waals surface area (Å²) in [6.07, 6.45) is 12.0. The fourth-order valence-electron chi connectivity index (χ4n) is 3.51. The molecule has 0 aromatic heterocycles. The molecule has 0 bridgehead atoms. The number of likely N-dealkylation sites (N-methyl/N-ethyl adjacent to an activating group) is 2. The molecule has 0 aliphatic carbocycles. The Morgan fingerprint density at radius 3 is 2.03 bits per heavy atom. The average Bonchev–Trinajstić information content (AvgIpc) is 2.71. The highest BCUT2D eigenvalue weighted by atomic mass is 35.5. The van der Waals surface area contributed by atoms with Crippen LogP contribution in [0.5, 0.6) is 0 Å². The average molecular weight is 454 g/mol. The Kier molecular flexibility index (Phi) is 16.1. The zero-order chi connectivity index (χ0) is 22.2. The van der Waals surface area contributed by atoms with E-state index in [9.17, 15) is 9.59 Å². The fourth-order valence-corrected chi connectivity index (χ4v) is 3.51. The van der Waals surface area contributed by atoms with Gasteiger partial charge in [0.15, 0.2) is 6.54 Å². The monoisotopic (exact) mass is 453 g/mol. The maximum atomic E-state index is 12.4. The van der Waals surface area contributed by atoms with Crippen molar-refractivity contribution in [3.8, 4) is 0 Å². The third kappa shape index (κ3) is 14.9. The third-order valence-corrected chi connectivity index (χ3v) is 5.59. The second kappa shape index (κ2) is 17.0. The predicted molar refractivity (Wildman–Crippen MR) is 126 cm³/mol. The summed E-state index contributed by atoms with van der Waals surface area (Å²) in [6, 6.07) is 9.51. The molecular weight excluding hydrogens is 410 g/mol. The van der Waals surface area contributed by atoms with Crippen molar-refractivity contribution in [2.45, 2.75) is 71.1 Å². The van der Waals surface area contributed by atoms with E-state index in [1.165, 1.54) is 44.9 Å². The van der Waals surface area contributed by atoms with Gasteiger partial charge in [0, 0.05) is 19.2 Å². The first-order chi connectivity index (χ1) is 14.3. The van der Waals surface area contributed by atoms with Crippen molar-refractivity contribution in [1.29, 1.82) is 0 Å². The molecule has 6 heteroatoms. The van der Waals surface area contributed by atoms with Crippen LogP contribution in [0.3, 0.4) is 0 Å². The van der Waals surface area contributed by atoms with E-state index in [0.717, 1.165) is 25.1 Å². The van der Waals surface area contributed by atoms with Gasteiger partial charge in [0.2, 0.25) is 5.91 Å². The molecule has 0 atom stereocenters. The molecule has 1 rings (SSSR count). The number of quaternary nitrogens is 1. The summed E-state index contributed by atoms with van der Waals surface area (Å²) < 4.78 is 0.550. The Morgan fingerprint density at radius 2 is 1.45 bits per heavy atom. The molecule has 1 aromatic rings. The molecule has 5 nitrogen and oxygen atoms in total. The zero-order valence-electron chi connectivity index (χ0n) is 20.2. The topological polar surface area (TPSA) is 49.4 Å². The summed E-state index contributed by atoms with van der Waals surface area (Å²) in [5.41, 5.74) is 0.816. The van der Waals surface area contributed by atoms with Gasteiger partial charge in [-0.25, -0.2) is 0 Å². The normalized spacial score (nSPS) is 11.0. The molecule has 0 fully saturated rings. The second-order valence-corrected chi connectivity index (χ2v) is 9.13. The van der Waals surface area contributed by atoms with Crippen molar-refractivity contribution < 1.29 is 26.5 Å². The van der Waals surface area contributed by atoms with Crippen molar-refractivity contribution in [1.82, 2.24) is 4.90 Å². The first-order valence-corrected chi connectivity index (χ1v) is 11.7. The van der Waals surface area contributed by atoms with E-state index in [4.69, 9.17) is 0 Å². The van der Waals surface area contributed by atoms with Crippen LogP contribution in [-0.4, -0.2) is 62.0 Å². The van der Waals surface area contributed by atoms with Gasteiger partial charge in [-0.3, -0.25) is 9.59 Å². The van der Waals surface area contributed by atoms with Gasteiger partial charge in [-0.2, -0.15) is 0 Å². The Balaban J connectivity index is 0.00000900. The first-order valence-electron chi connectivity index (χ1n) is 11.7. The second-order valence-electron chi connectivity index (χ2n) is 9.13. The zero-order valence-corrected chi connectivity index (χ0v) is 20.9. The summed E-state index contributed by atoms with van der Waals surface area (Å²) in [5, 5.41) is 2.93. The smallest absolute Gasteiger partial charge is 0.279 e. The Hall–Kier alpha value is -1.59. The molecule has 0 aliphatic rings. The molecule has 0 saturated carbocycles. The van der Waals surface area contributed by atoms with E-state index < -0.39 is 0 Å². The van der Waals surface area contributed by atoms with Gasteiger partial charge < -0.3 is 27.1 Å². The van der Waals surface area contributed by atoms with Crippen LogP contribution in [0.2, 0.25) is 0 Å². The number of hydrogen-bond acceptors (Lipinski definition) is 2. The minimum Gasteiger partial charge on any atom is -1.00 e. The maximum Gasteiger partial charge on any atom is 0.279 e. The standard InChI is InChI=1S/C25H43N3O2.ClH/c1-5-6-7-8-9-10-11-12-16-19-25(30)27(2)20-21-28(3,4)22-24(29)26-23-17-14-13-15-18-23;/h13-15,17-18H,5-12,16,19-22H2,1-4H3;1H. The van der Waals surface area contributed by atoms with E-state index in [1.807, 2.05) is 56.4 Å². The first kappa shape index (κ1) is 29.4. The van der Waals surface area contributed by atoms with Crippen molar-refractivity contribution in [2.24, 2.45) is 0 Å². The van der Waals surface area contributed by atoms with Crippen molar-refractivity contribution >= 4 is 17.5 Å². The number of carbonyl (C=O) groups excluding carboxylic acids is 2. The fraction of sp³-hybridized carbons (Fsp3) is 0.680. The molecule has 0 aliphatic heterocycles. The van der Waals surface area contributed by atoms with Gasteiger partial charge in [-0.15, -0.1) is 0 Å². The van der Waals surface area contributed by atoms with E-state index in [2.05, 4.69) is 12.2 Å². The van der Waals surface area contributed by atoms with Crippen LogP contribution in [0.1, 0.15) is 71.1 Å². The lowest BCUT2D eigenvalue weighted by molar-refractivity contribution is -0.881. The number of unbranched alkanes of at least 4 members (excludes halogenated alkanes) is 8. The Labute approximate surface area is 196 Å². The molecule has 0 saturated heterocycles. The lowest BCUT2D eigenvalue weighted by Crippen LogP contribution is -3.00. The number of nitrogens with one attached hydrogen (secondary N) is 1. The maximum absolute atomic E-state index is 12.4. The summed E-state index contributed by atoms with van der Waals surface area (Å²) in [6.45, 7) is 4.05. The van der Waals surface area contributed by atoms with Crippen molar-refractivity contribution in [2.75, 3.05) is 46.1 Å². The largest absolute Gasteiger partial charge is 1.00 e. The summed E-state index contributed by atoms with van der Waals surface area (Å²) in [4.78, 5) is 26.5. The van der Waals surface area contributed by atoms with Gasteiger partial charge in [0.05, 0.1) is 27.2 Å². The summed E-state index contributed by atoms with van der Waals surface area (Å²) in [5.74, 6) is 0.210.